The summed E-state index contributed by atoms with van der Waals surface area (Å²) in [6.07, 6.45) is 0. The van der Waals surface area contributed by atoms with E-state index in [9.17, 15) is 14.0 Å². The number of nitrogens with one attached hydrogen (secondary N) is 1. The van der Waals surface area contributed by atoms with Crippen molar-refractivity contribution in [3.05, 3.63) is 68.8 Å². The predicted octanol–water partition coefficient (Wildman–Crippen LogP) is 2.11. The van der Waals surface area contributed by atoms with Crippen LogP contribution in [0.1, 0.15) is 23.0 Å². The zero-order valence-electron chi connectivity index (χ0n) is 10.5. The number of nitrogens with zero attached hydrogens (tertiary/aromatic N) is 1. The Bertz CT molecular complexity index is 787. The summed E-state index contributed by atoms with van der Waals surface area (Å²) in [6, 6.07) is 8.60. The summed E-state index contributed by atoms with van der Waals surface area (Å²) < 4.78 is 14.7. The fraction of sp³-hybridized carbons (Fsp3) is 0.143. The average Bonchev–Trinajstić information content (AvgIpc) is 2.67. The van der Waals surface area contributed by atoms with Crippen LogP contribution in [0.3, 0.4) is 0 Å². The van der Waals surface area contributed by atoms with Crippen molar-refractivity contribution < 1.29 is 9.18 Å². The van der Waals surface area contributed by atoms with Crippen LogP contribution in [0.25, 0.3) is 0 Å². The van der Waals surface area contributed by atoms with Gasteiger partial charge >= 0.3 is 0 Å². The molecule has 2 heterocycles. The van der Waals surface area contributed by atoms with E-state index in [2.05, 4.69) is 5.32 Å². The third kappa shape index (κ3) is 1.67. The van der Waals surface area contributed by atoms with Crippen LogP contribution in [-0.2, 0) is 5.66 Å². The fourth-order valence-electron chi connectivity index (χ4n) is 2.47. The molecule has 1 atom stereocenters. The molecule has 0 saturated carbocycles. The molecule has 0 spiro atoms. The molecule has 0 radical (unpaired) electrons. The van der Waals surface area contributed by atoms with Gasteiger partial charge in [0.1, 0.15) is 22.2 Å². The highest BCUT2D eigenvalue weighted by Crippen LogP contribution is 2.29. The maximum absolute atomic E-state index is 13.4. The number of hydrogen-bond donors (Lipinski definition) is 1. The Morgan fingerprint density at radius 2 is 2.00 bits per heavy atom. The van der Waals surface area contributed by atoms with Gasteiger partial charge in [0.05, 0.1) is 0 Å². The normalized spacial score (nSPS) is 20.6. The lowest BCUT2D eigenvalue weighted by Crippen LogP contribution is -2.45. The minimum Gasteiger partial charge on any atom is -0.324 e. The molecule has 0 saturated heterocycles. The van der Waals surface area contributed by atoms with E-state index in [1.54, 1.807) is 13.0 Å². The van der Waals surface area contributed by atoms with Gasteiger partial charge in [0, 0.05) is 5.56 Å². The first-order valence-corrected chi connectivity index (χ1v) is 6.32. The van der Waals surface area contributed by atoms with Crippen LogP contribution in [0, 0.1) is 5.82 Å². The lowest BCUT2D eigenvalue weighted by Gasteiger charge is -2.27. The van der Waals surface area contributed by atoms with Crippen LogP contribution in [0.15, 0.2) is 41.2 Å². The van der Waals surface area contributed by atoms with Gasteiger partial charge < -0.3 is 5.32 Å². The lowest BCUT2D eigenvalue weighted by atomic mass is 10.0. The molecule has 102 valence electrons. The van der Waals surface area contributed by atoms with Crippen LogP contribution >= 0.6 is 11.6 Å². The Morgan fingerprint density at radius 3 is 2.70 bits per heavy atom. The molecular formula is C14H10ClFN2O2. The largest absolute Gasteiger partial charge is 0.324 e. The second-order valence-corrected chi connectivity index (χ2v) is 5.15. The Balaban J connectivity index is 2.32. The third-order valence-corrected chi connectivity index (χ3v) is 3.75. The summed E-state index contributed by atoms with van der Waals surface area (Å²) in [6.45, 7) is 1.63. The van der Waals surface area contributed by atoms with Gasteiger partial charge in [0.15, 0.2) is 0 Å². The first kappa shape index (κ1) is 12.9. The molecule has 0 bridgehead atoms. The number of aromatic nitrogens is 1. The summed E-state index contributed by atoms with van der Waals surface area (Å²) in [5, 5.41) is 2.71. The summed E-state index contributed by atoms with van der Waals surface area (Å²) in [7, 11) is 0. The first-order chi connectivity index (χ1) is 9.43. The van der Waals surface area contributed by atoms with Crippen LogP contribution in [0.4, 0.5) is 4.39 Å². The maximum Gasteiger partial charge on any atom is 0.272 e. The van der Waals surface area contributed by atoms with E-state index >= 15 is 0 Å². The highest BCUT2D eigenvalue weighted by atomic mass is 35.5. The van der Waals surface area contributed by atoms with Crippen molar-refractivity contribution in [3.8, 4) is 0 Å². The molecule has 0 fully saturated rings. The Morgan fingerprint density at radius 1 is 1.25 bits per heavy atom. The van der Waals surface area contributed by atoms with E-state index in [0.717, 1.165) is 0 Å². The molecule has 1 aliphatic heterocycles. The number of hydrogen-bond acceptors (Lipinski definition) is 2. The SMILES string of the molecule is CC1(c2cccc(F)c2)NC(=O)c2ccc(Cl)c(=O)n21. The topological polar surface area (TPSA) is 51.1 Å². The minimum absolute atomic E-state index is 0.00729. The summed E-state index contributed by atoms with van der Waals surface area (Å²) in [4.78, 5) is 24.2. The number of fused-ring (bicyclic) bond motifs is 1. The quantitative estimate of drug-likeness (QED) is 0.875. The predicted molar refractivity (Wildman–Crippen MR) is 72.3 cm³/mol. The van der Waals surface area contributed by atoms with E-state index in [1.807, 2.05) is 0 Å². The van der Waals surface area contributed by atoms with Gasteiger partial charge in [0.2, 0.25) is 0 Å². The van der Waals surface area contributed by atoms with Crippen molar-refractivity contribution in [2.24, 2.45) is 0 Å². The molecule has 4 nitrogen and oxygen atoms in total. The number of amides is 1. The molecular weight excluding hydrogens is 283 g/mol. The van der Waals surface area contributed by atoms with Gasteiger partial charge in [-0.2, -0.15) is 0 Å². The maximum atomic E-state index is 13.4. The van der Waals surface area contributed by atoms with Gasteiger partial charge in [-0.05, 0) is 31.2 Å². The van der Waals surface area contributed by atoms with Crippen molar-refractivity contribution >= 4 is 17.5 Å². The Kier molecular flexibility index (Phi) is 2.69. The van der Waals surface area contributed by atoms with Gasteiger partial charge in [0.25, 0.3) is 11.5 Å². The third-order valence-electron chi connectivity index (χ3n) is 3.46. The standard InChI is InChI=1S/C14H10ClFN2O2/c1-14(8-3-2-4-9(16)7-8)17-12(19)11-6-5-10(15)13(20)18(11)14/h2-7H,1H3,(H,17,19). The minimum atomic E-state index is -1.16. The second kappa shape index (κ2) is 4.18. The van der Waals surface area contributed by atoms with Crippen LogP contribution in [-0.4, -0.2) is 10.5 Å². The van der Waals surface area contributed by atoms with Crippen molar-refractivity contribution in [1.29, 1.82) is 0 Å². The highest BCUT2D eigenvalue weighted by molar-refractivity contribution is 6.30. The second-order valence-electron chi connectivity index (χ2n) is 4.74. The molecule has 1 aromatic carbocycles. The van der Waals surface area contributed by atoms with E-state index in [0.29, 0.717) is 5.56 Å². The van der Waals surface area contributed by atoms with Gasteiger partial charge in [-0.3, -0.25) is 14.2 Å². The van der Waals surface area contributed by atoms with Crippen molar-refractivity contribution in [2.45, 2.75) is 12.6 Å². The van der Waals surface area contributed by atoms with Gasteiger partial charge in [-0.15, -0.1) is 0 Å². The summed E-state index contributed by atoms with van der Waals surface area (Å²) in [5.74, 6) is -0.841. The summed E-state index contributed by atoms with van der Waals surface area (Å²) in [5.41, 5.74) is -0.981. The number of carbonyl (C=O) groups excluding carboxylic acids is 1. The van der Waals surface area contributed by atoms with Crippen molar-refractivity contribution in [2.75, 3.05) is 0 Å². The Labute approximate surface area is 118 Å². The molecule has 1 N–H and O–H groups in total. The van der Waals surface area contributed by atoms with Crippen LogP contribution in [0.5, 0.6) is 0 Å². The zero-order chi connectivity index (χ0) is 14.5. The molecule has 1 unspecified atom stereocenters. The molecule has 1 aromatic heterocycles. The lowest BCUT2D eigenvalue weighted by molar-refractivity contribution is 0.0941. The van der Waals surface area contributed by atoms with Gasteiger partial charge in [-0.1, -0.05) is 23.7 Å². The average molecular weight is 293 g/mol. The number of pyridine rings is 1. The molecule has 3 rings (SSSR count). The number of halogens is 2. The zero-order valence-corrected chi connectivity index (χ0v) is 11.2. The van der Waals surface area contributed by atoms with E-state index < -0.39 is 22.9 Å². The molecule has 20 heavy (non-hydrogen) atoms. The van der Waals surface area contributed by atoms with Gasteiger partial charge in [-0.25, -0.2) is 4.39 Å². The van der Waals surface area contributed by atoms with E-state index in [-0.39, 0.29) is 10.7 Å². The molecule has 6 heteroatoms. The van der Waals surface area contributed by atoms with Crippen LogP contribution < -0.4 is 10.9 Å². The smallest absolute Gasteiger partial charge is 0.272 e. The monoisotopic (exact) mass is 292 g/mol. The Hall–Kier alpha value is -2.14. The highest BCUT2D eigenvalue weighted by Gasteiger charge is 2.41. The first-order valence-electron chi connectivity index (χ1n) is 5.94. The molecule has 1 aliphatic rings. The number of carbonyl (C=O) groups is 1. The van der Waals surface area contributed by atoms with Crippen molar-refractivity contribution in [1.82, 2.24) is 9.88 Å². The van der Waals surface area contributed by atoms with E-state index in [1.165, 1.54) is 34.9 Å². The molecule has 2 aromatic rings. The van der Waals surface area contributed by atoms with E-state index in [4.69, 9.17) is 11.6 Å². The van der Waals surface area contributed by atoms with Crippen LogP contribution in [0.2, 0.25) is 5.02 Å². The molecule has 1 amide bonds. The summed E-state index contributed by atoms with van der Waals surface area (Å²) >= 11 is 5.84. The number of rotatable bonds is 1. The molecule has 0 aliphatic carbocycles. The fourth-order valence-corrected chi connectivity index (χ4v) is 2.62. The van der Waals surface area contributed by atoms with Crippen molar-refractivity contribution in [3.63, 3.8) is 0 Å². The number of benzene rings is 1.